The van der Waals surface area contributed by atoms with Gasteiger partial charge in [-0.05, 0) is 24.6 Å². The minimum absolute atomic E-state index is 0.00462. The molecule has 5 heteroatoms. The van der Waals surface area contributed by atoms with Crippen LogP contribution in [0.15, 0.2) is 29.2 Å². The molecule has 1 aromatic rings. The van der Waals surface area contributed by atoms with Crippen LogP contribution in [-0.2, 0) is 4.79 Å². The van der Waals surface area contributed by atoms with Gasteiger partial charge in [0.25, 0.3) is 0 Å². The van der Waals surface area contributed by atoms with Crippen LogP contribution in [0.4, 0.5) is 0 Å². The second kappa shape index (κ2) is 7.75. The summed E-state index contributed by atoms with van der Waals surface area (Å²) in [6.45, 7) is 2.34. The molecule has 18 heavy (non-hydrogen) atoms. The van der Waals surface area contributed by atoms with Gasteiger partial charge >= 0.3 is 0 Å². The van der Waals surface area contributed by atoms with Gasteiger partial charge in [-0.25, -0.2) is 0 Å². The lowest BCUT2D eigenvalue weighted by atomic mass is 10.1. The number of carbonyl (C=O) groups is 1. The van der Waals surface area contributed by atoms with Crippen molar-refractivity contribution in [3.63, 3.8) is 0 Å². The van der Waals surface area contributed by atoms with Crippen LogP contribution in [0.3, 0.4) is 0 Å². The van der Waals surface area contributed by atoms with Gasteiger partial charge in [-0.15, -0.1) is 11.8 Å². The third kappa shape index (κ3) is 5.21. The molecule has 0 aromatic heterocycles. The van der Waals surface area contributed by atoms with Crippen LogP contribution in [0.2, 0.25) is 0 Å². The van der Waals surface area contributed by atoms with Crippen LogP contribution in [0, 0.1) is 11.3 Å². The monoisotopic (exact) mass is 263 g/mol. The van der Waals surface area contributed by atoms with E-state index < -0.39 is 0 Å². The SMILES string of the molecule is CC(N)c1cccc(SCC(=O)NCCC#N)c1. The Morgan fingerprint density at radius 3 is 3.06 bits per heavy atom. The zero-order valence-electron chi connectivity index (χ0n) is 10.3. The quantitative estimate of drug-likeness (QED) is 0.606. The van der Waals surface area contributed by atoms with Crippen molar-refractivity contribution < 1.29 is 4.79 Å². The summed E-state index contributed by atoms with van der Waals surface area (Å²) in [7, 11) is 0. The fourth-order valence-corrected chi connectivity index (χ4v) is 2.14. The maximum atomic E-state index is 11.4. The predicted molar refractivity (Wildman–Crippen MR) is 73.0 cm³/mol. The first-order chi connectivity index (χ1) is 8.63. The van der Waals surface area contributed by atoms with Crippen molar-refractivity contribution in [1.29, 1.82) is 5.26 Å². The van der Waals surface area contributed by atoms with Crippen molar-refractivity contribution >= 4 is 17.7 Å². The fourth-order valence-electron chi connectivity index (χ4n) is 1.35. The molecule has 0 radical (unpaired) electrons. The van der Waals surface area contributed by atoms with E-state index in [1.54, 1.807) is 0 Å². The molecule has 96 valence electrons. The van der Waals surface area contributed by atoms with Gasteiger partial charge in [-0.3, -0.25) is 4.79 Å². The zero-order valence-corrected chi connectivity index (χ0v) is 11.2. The number of carbonyl (C=O) groups excluding carboxylic acids is 1. The molecule has 0 bridgehead atoms. The lowest BCUT2D eigenvalue weighted by Crippen LogP contribution is -2.25. The number of benzene rings is 1. The van der Waals surface area contributed by atoms with Crippen LogP contribution in [0.5, 0.6) is 0 Å². The van der Waals surface area contributed by atoms with E-state index in [-0.39, 0.29) is 11.9 Å². The van der Waals surface area contributed by atoms with E-state index in [0.717, 1.165) is 10.5 Å². The molecular formula is C13H17N3OS. The Labute approximate surface area is 112 Å². The molecule has 0 heterocycles. The van der Waals surface area contributed by atoms with Crippen LogP contribution in [0.25, 0.3) is 0 Å². The first kappa shape index (κ1) is 14.6. The number of amides is 1. The maximum absolute atomic E-state index is 11.4. The zero-order chi connectivity index (χ0) is 13.4. The van der Waals surface area contributed by atoms with E-state index in [4.69, 9.17) is 11.0 Å². The molecule has 1 unspecified atom stereocenters. The lowest BCUT2D eigenvalue weighted by Gasteiger charge is -2.08. The Kier molecular flexibility index (Phi) is 6.26. The standard InChI is InChI=1S/C13H17N3OS/c1-10(15)11-4-2-5-12(8-11)18-9-13(17)16-7-3-6-14/h2,4-5,8,10H,3,7,9,15H2,1H3,(H,16,17). The number of nitrogens with zero attached hydrogens (tertiary/aromatic N) is 1. The summed E-state index contributed by atoms with van der Waals surface area (Å²) in [6, 6.07) is 9.85. The van der Waals surface area contributed by atoms with E-state index in [2.05, 4.69) is 5.32 Å². The molecular weight excluding hydrogens is 246 g/mol. The lowest BCUT2D eigenvalue weighted by molar-refractivity contribution is -0.118. The molecule has 0 fully saturated rings. The Hall–Kier alpha value is -1.51. The number of rotatable bonds is 6. The topological polar surface area (TPSA) is 78.9 Å². The average Bonchev–Trinajstić information content (AvgIpc) is 2.37. The molecule has 0 aliphatic carbocycles. The molecule has 0 spiro atoms. The fraction of sp³-hybridized carbons (Fsp3) is 0.385. The van der Waals surface area contributed by atoms with E-state index in [1.807, 2.05) is 37.3 Å². The van der Waals surface area contributed by atoms with Gasteiger partial charge in [0, 0.05) is 17.5 Å². The Balaban J connectivity index is 2.41. The third-order valence-electron chi connectivity index (χ3n) is 2.31. The van der Waals surface area contributed by atoms with Crippen LogP contribution < -0.4 is 11.1 Å². The molecule has 0 saturated heterocycles. The van der Waals surface area contributed by atoms with Crippen LogP contribution >= 0.6 is 11.8 Å². The number of nitrogens with two attached hydrogens (primary N) is 1. The highest BCUT2D eigenvalue weighted by Crippen LogP contribution is 2.21. The summed E-state index contributed by atoms with van der Waals surface area (Å²) in [6.07, 6.45) is 0.344. The summed E-state index contributed by atoms with van der Waals surface area (Å²) in [4.78, 5) is 12.5. The summed E-state index contributed by atoms with van der Waals surface area (Å²) < 4.78 is 0. The highest BCUT2D eigenvalue weighted by molar-refractivity contribution is 8.00. The molecule has 1 atom stereocenters. The second-order valence-corrected chi connectivity index (χ2v) is 4.96. The summed E-state index contributed by atoms with van der Waals surface area (Å²) >= 11 is 1.47. The number of hydrogen-bond donors (Lipinski definition) is 2. The molecule has 3 N–H and O–H groups in total. The van der Waals surface area contributed by atoms with Crippen LogP contribution in [-0.4, -0.2) is 18.2 Å². The molecule has 0 aliphatic heterocycles. The van der Waals surface area contributed by atoms with E-state index >= 15 is 0 Å². The molecule has 0 aliphatic rings. The predicted octanol–water partition coefficient (Wildman–Crippen LogP) is 1.83. The van der Waals surface area contributed by atoms with Gasteiger partial charge < -0.3 is 11.1 Å². The molecule has 1 amide bonds. The first-order valence-electron chi connectivity index (χ1n) is 5.75. The largest absolute Gasteiger partial charge is 0.354 e. The Morgan fingerprint density at radius 2 is 2.39 bits per heavy atom. The maximum Gasteiger partial charge on any atom is 0.230 e. The minimum Gasteiger partial charge on any atom is -0.354 e. The van der Waals surface area contributed by atoms with Crippen molar-refractivity contribution in [3.05, 3.63) is 29.8 Å². The first-order valence-corrected chi connectivity index (χ1v) is 6.74. The van der Waals surface area contributed by atoms with E-state index in [0.29, 0.717) is 18.7 Å². The van der Waals surface area contributed by atoms with E-state index in [1.165, 1.54) is 11.8 Å². The molecule has 4 nitrogen and oxygen atoms in total. The number of nitrogens with one attached hydrogen (secondary N) is 1. The normalized spacial score (nSPS) is 11.6. The molecule has 1 aromatic carbocycles. The average molecular weight is 263 g/mol. The van der Waals surface area contributed by atoms with Gasteiger partial charge in [0.05, 0.1) is 18.2 Å². The van der Waals surface area contributed by atoms with Gasteiger partial charge in [-0.1, -0.05) is 12.1 Å². The second-order valence-electron chi connectivity index (χ2n) is 3.91. The molecule has 1 rings (SSSR count). The number of thioether (sulfide) groups is 1. The van der Waals surface area contributed by atoms with Crippen LogP contribution in [0.1, 0.15) is 24.9 Å². The van der Waals surface area contributed by atoms with Crippen molar-refractivity contribution in [1.82, 2.24) is 5.32 Å². The van der Waals surface area contributed by atoms with Gasteiger partial charge in [0.1, 0.15) is 0 Å². The van der Waals surface area contributed by atoms with Gasteiger partial charge in [0.15, 0.2) is 0 Å². The summed E-state index contributed by atoms with van der Waals surface area (Å²) in [5.41, 5.74) is 6.86. The van der Waals surface area contributed by atoms with Crippen molar-refractivity contribution in [2.24, 2.45) is 5.73 Å². The summed E-state index contributed by atoms with van der Waals surface area (Å²) in [5.74, 6) is 0.301. The Morgan fingerprint density at radius 1 is 1.61 bits per heavy atom. The highest BCUT2D eigenvalue weighted by Gasteiger charge is 2.04. The van der Waals surface area contributed by atoms with Gasteiger partial charge in [-0.2, -0.15) is 5.26 Å². The van der Waals surface area contributed by atoms with Crippen molar-refractivity contribution in [3.8, 4) is 6.07 Å². The van der Waals surface area contributed by atoms with Crippen molar-refractivity contribution in [2.45, 2.75) is 24.3 Å². The van der Waals surface area contributed by atoms with Crippen molar-refractivity contribution in [2.75, 3.05) is 12.3 Å². The highest BCUT2D eigenvalue weighted by atomic mass is 32.2. The number of hydrogen-bond acceptors (Lipinski definition) is 4. The number of nitriles is 1. The summed E-state index contributed by atoms with van der Waals surface area (Å²) in [5, 5.41) is 11.0. The third-order valence-corrected chi connectivity index (χ3v) is 3.31. The molecule has 0 saturated carbocycles. The Bertz CT molecular complexity index is 440. The van der Waals surface area contributed by atoms with Gasteiger partial charge in [0.2, 0.25) is 5.91 Å². The smallest absolute Gasteiger partial charge is 0.230 e. The minimum atomic E-state index is -0.0542. The van der Waals surface area contributed by atoms with E-state index in [9.17, 15) is 4.79 Å².